The summed E-state index contributed by atoms with van der Waals surface area (Å²) in [5, 5.41) is 13.2. The standard InChI is InChI=1S/C38H42N4O8/c1-37(2,3)42(36(46)47)20-19-41(35(45)49-24-27-13-9-6-10-14-27)38(34(42)44)17-15-28(16-18-38)50-32-21-29-30(22-31(32)48-4)39-25-40(33(29)43)23-26-11-7-5-8-12-26/h5-14,21-22,25,28H,15-20,23-24H2,1-4H3/t28?,38?,42-/m1/s1. The van der Waals surface area contributed by atoms with Gasteiger partial charge in [-0.2, -0.15) is 0 Å². The van der Waals surface area contributed by atoms with Crippen molar-refractivity contribution >= 4 is 29.0 Å². The molecule has 1 saturated heterocycles. The molecule has 1 aliphatic heterocycles. The summed E-state index contributed by atoms with van der Waals surface area (Å²) in [5.41, 5.74) is -0.513. The molecule has 2 fully saturated rings. The second-order valence-electron chi connectivity index (χ2n) is 14.0. The number of ether oxygens (including phenoxy) is 3. The van der Waals surface area contributed by atoms with Gasteiger partial charge in [0.05, 0.1) is 43.5 Å². The summed E-state index contributed by atoms with van der Waals surface area (Å²) in [4.78, 5) is 60.5. The van der Waals surface area contributed by atoms with Crippen LogP contribution >= 0.6 is 0 Å². The molecule has 12 heteroatoms. The number of benzene rings is 3. The van der Waals surface area contributed by atoms with Gasteiger partial charge in [0.15, 0.2) is 17.0 Å². The van der Waals surface area contributed by atoms with Crippen LogP contribution in [0.3, 0.4) is 0 Å². The lowest BCUT2D eigenvalue weighted by Crippen LogP contribution is -2.82. The lowest BCUT2D eigenvalue weighted by molar-refractivity contribution is -0.857. The first kappa shape index (κ1) is 34.6. The first-order chi connectivity index (χ1) is 23.9. The predicted molar refractivity (Wildman–Crippen MR) is 182 cm³/mol. The van der Waals surface area contributed by atoms with E-state index in [-0.39, 0.29) is 38.1 Å². The van der Waals surface area contributed by atoms with E-state index in [0.717, 1.165) is 11.1 Å². The van der Waals surface area contributed by atoms with Crippen LogP contribution in [0.4, 0.5) is 9.59 Å². The molecule has 1 aromatic heterocycles. The minimum atomic E-state index is -1.50. The largest absolute Gasteiger partial charge is 0.498 e. The van der Waals surface area contributed by atoms with Gasteiger partial charge in [0, 0.05) is 6.07 Å². The molecular weight excluding hydrogens is 640 g/mol. The van der Waals surface area contributed by atoms with Gasteiger partial charge in [-0.1, -0.05) is 60.7 Å². The molecule has 1 spiro atoms. The van der Waals surface area contributed by atoms with Crippen LogP contribution in [-0.4, -0.2) is 74.4 Å². The number of methoxy groups -OCH3 is 1. The maximum Gasteiger partial charge on any atom is 0.411 e. The highest BCUT2D eigenvalue weighted by Gasteiger charge is 2.65. The fourth-order valence-corrected chi connectivity index (χ4v) is 7.35. The van der Waals surface area contributed by atoms with Crippen LogP contribution in [0.25, 0.3) is 10.9 Å². The molecule has 0 N–H and O–H groups in total. The molecule has 1 aliphatic carbocycles. The van der Waals surface area contributed by atoms with Gasteiger partial charge in [-0.3, -0.25) is 14.3 Å². The number of carbonyl (C=O) groups is 3. The topological polar surface area (TPSA) is 140 Å². The van der Waals surface area contributed by atoms with Crippen molar-refractivity contribution in [3.8, 4) is 11.5 Å². The van der Waals surface area contributed by atoms with Crippen LogP contribution in [0, 0.1) is 0 Å². The minimum Gasteiger partial charge on any atom is -0.498 e. The number of hydrogen-bond acceptors (Lipinski definition) is 9. The molecule has 1 atom stereocenters. The predicted octanol–water partition coefficient (Wildman–Crippen LogP) is 4.65. The first-order valence-corrected chi connectivity index (χ1v) is 16.8. The summed E-state index contributed by atoms with van der Waals surface area (Å²) in [6, 6.07) is 22.1. The number of nitrogens with zero attached hydrogens (tertiary/aromatic N) is 4. The van der Waals surface area contributed by atoms with Crippen LogP contribution in [0.1, 0.15) is 57.6 Å². The van der Waals surface area contributed by atoms with E-state index >= 15 is 0 Å². The molecule has 0 bridgehead atoms. The van der Waals surface area contributed by atoms with Gasteiger partial charge in [0.25, 0.3) is 11.7 Å². The van der Waals surface area contributed by atoms with E-state index in [0.29, 0.717) is 41.8 Å². The molecule has 0 unspecified atom stereocenters. The first-order valence-electron chi connectivity index (χ1n) is 16.8. The van der Waals surface area contributed by atoms with Crippen molar-refractivity contribution in [2.24, 2.45) is 0 Å². The van der Waals surface area contributed by atoms with E-state index in [1.165, 1.54) is 22.9 Å². The van der Waals surface area contributed by atoms with Crippen LogP contribution in [0.5, 0.6) is 11.5 Å². The number of piperazine rings is 1. The Morgan fingerprint density at radius 1 is 0.960 bits per heavy atom. The molecule has 3 aromatic carbocycles. The second-order valence-corrected chi connectivity index (χ2v) is 14.0. The zero-order valence-corrected chi connectivity index (χ0v) is 28.8. The van der Waals surface area contributed by atoms with E-state index < -0.39 is 39.8 Å². The summed E-state index contributed by atoms with van der Waals surface area (Å²) >= 11 is 0. The van der Waals surface area contributed by atoms with E-state index in [1.54, 1.807) is 32.9 Å². The monoisotopic (exact) mass is 682 g/mol. The van der Waals surface area contributed by atoms with Gasteiger partial charge >= 0.3 is 12.0 Å². The summed E-state index contributed by atoms with van der Waals surface area (Å²) in [6.07, 6.45) is -0.170. The smallest absolute Gasteiger partial charge is 0.411 e. The van der Waals surface area contributed by atoms with E-state index in [9.17, 15) is 24.3 Å². The maximum atomic E-state index is 14.6. The Morgan fingerprint density at radius 2 is 1.60 bits per heavy atom. The number of fused-ring (bicyclic) bond motifs is 1. The van der Waals surface area contributed by atoms with Crippen molar-refractivity contribution < 1.29 is 38.2 Å². The molecule has 2 heterocycles. The van der Waals surface area contributed by atoms with Crippen molar-refractivity contribution in [3.05, 3.63) is 101 Å². The van der Waals surface area contributed by atoms with Crippen LogP contribution < -0.4 is 20.1 Å². The van der Waals surface area contributed by atoms with Crippen molar-refractivity contribution in [2.45, 2.75) is 76.8 Å². The number of quaternary nitrogens is 1. The second kappa shape index (κ2) is 13.6. The quantitative estimate of drug-likeness (QED) is 0.255. The van der Waals surface area contributed by atoms with Crippen LogP contribution in [0.15, 0.2) is 83.9 Å². The summed E-state index contributed by atoms with van der Waals surface area (Å²) < 4.78 is 18.4. The Hall–Kier alpha value is -5.23. The number of carboxylic acid groups (broad SMARTS) is 1. The van der Waals surface area contributed by atoms with E-state index in [4.69, 9.17) is 14.2 Å². The molecule has 2 aliphatic rings. The third-order valence-corrected chi connectivity index (χ3v) is 10.2. The van der Waals surface area contributed by atoms with Crippen LogP contribution in [-0.2, 0) is 22.7 Å². The van der Waals surface area contributed by atoms with Gasteiger partial charge in [0.2, 0.25) is 0 Å². The number of carbonyl (C=O) groups excluding carboxylic acids is 3. The van der Waals surface area contributed by atoms with Crippen molar-refractivity contribution in [2.75, 3.05) is 20.2 Å². The number of amides is 3. The van der Waals surface area contributed by atoms with E-state index in [2.05, 4.69) is 4.98 Å². The average molecular weight is 683 g/mol. The van der Waals surface area contributed by atoms with Gasteiger partial charge in [0.1, 0.15) is 18.7 Å². The number of aromatic nitrogens is 2. The Bertz CT molecular complexity index is 1950. The highest BCUT2D eigenvalue weighted by Crippen LogP contribution is 2.45. The Labute approximate surface area is 290 Å². The Morgan fingerprint density at radius 3 is 2.20 bits per heavy atom. The lowest BCUT2D eigenvalue weighted by atomic mass is 9.75. The van der Waals surface area contributed by atoms with Crippen LogP contribution in [0.2, 0.25) is 0 Å². The molecule has 262 valence electrons. The fraction of sp³-hybridized carbons (Fsp3) is 0.395. The Balaban J connectivity index is 1.27. The number of imide groups is 1. The van der Waals surface area contributed by atoms with Gasteiger partial charge in [-0.15, -0.1) is 0 Å². The zero-order chi connectivity index (χ0) is 35.7. The normalized spacial score (nSPS) is 22.4. The molecule has 0 radical (unpaired) electrons. The zero-order valence-electron chi connectivity index (χ0n) is 28.8. The summed E-state index contributed by atoms with van der Waals surface area (Å²) in [7, 11) is 1.50. The van der Waals surface area contributed by atoms with Crippen molar-refractivity contribution in [1.82, 2.24) is 14.5 Å². The fourth-order valence-electron chi connectivity index (χ4n) is 7.35. The highest BCUT2D eigenvalue weighted by molar-refractivity contribution is 5.92. The molecule has 1 saturated carbocycles. The average Bonchev–Trinajstić information content (AvgIpc) is 3.10. The molecular formula is C38H42N4O8. The van der Waals surface area contributed by atoms with Gasteiger partial charge < -0.3 is 24.1 Å². The third-order valence-electron chi connectivity index (χ3n) is 10.2. The Kier molecular flexibility index (Phi) is 9.41. The van der Waals surface area contributed by atoms with E-state index in [1.807, 2.05) is 60.7 Å². The molecule has 12 nitrogen and oxygen atoms in total. The lowest BCUT2D eigenvalue weighted by Gasteiger charge is -2.57. The SMILES string of the molecule is COc1cc2ncn(Cc3ccccc3)c(=O)c2cc1OC1CCC2(CC1)C(=O)[N@+](C(=O)[O-])(C(C)(C)C)CCN2C(=O)OCc1ccccc1. The molecule has 4 aromatic rings. The number of rotatable bonds is 7. The summed E-state index contributed by atoms with van der Waals surface area (Å²) in [6.45, 7) is 5.31. The van der Waals surface area contributed by atoms with Crippen molar-refractivity contribution in [1.29, 1.82) is 0 Å². The molecule has 50 heavy (non-hydrogen) atoms. The number of hydrogen-bond donors (Lipinski definition) is 0. The molecule has 6 rings (SSSR count). The summed E-state index contributed by atoms with van der Waals surface area (Å²) in [5.74, 6) is 0.145. The third kappa shape index (κ3) is 6.19. The molecule has 3 amide bonds. The highest BCUT2D eigenvalue weighted by atomic mass is 16.6. The maximum absolute atomic E-state index is 14.6. The van der Waals surface area contributed by atoms with Crippen molar-refractivity contribution in [3.63, 3.8) is 0 Å². The van der Waals surface area contributed by atoms with Gasteiger partial charge in [-0.25, -0.2) is 19.1 Å². The van der Waals surface area contributed by atoms with Gasteiger partial charge in [-0.05, 0) is 63.6 Å². The minimum absolute atomic E-state index is 0.00308.